The second-order valence-corrected chi connectivity index (χ2v) is 3.11. The number of ketones is 1. The predicted octanol–water partition coefficient (Wildman–Crippen LogP) is 0.381. The summed E-state index contributed by atoms with van der Waals surface area (Å²) in [6.07, 6.45) is 1.72. The molecule has 0 saturated carbocycles. The van der Waals surface area contributed by atoms with E-state index in [1.165, 1.54) is 0 Å². The average Bonchev–Trinajstić information content (AvgIpc) is 2.87. The summed E-state index contributed by atoms with van der Waals surface area (Å²) in [5.74, 6) is 0.518. The van der Waals surface area contributed by atoms with Crippen LogP contribution >= 0.6 is 0 Å². The second kappa shape index (κ2) is 2.91. The molecule has 62 valence electrons. The summed E-state index contributed by atoms with van der Waals surface area (Å²) in [6, 6.07) is 0. The molecule has 0 aromatic heterocycles. The number of hydrogen-bond acceptors (Lipinski definition) is 3. The van der Waals surface area contributed by atoms with Crippen LogP contribution in [0.3, 0.4) is 0 Å². The van der Waals surface area contributed by atoms with Gasteiger partial charge < -0.3 is 9.47 Å². The average molecular weight is 156 g/mol. The van der Waals surface area contributed by atoms with Crippen LogP contribution in [0, 0.1) is 5.92 Å². The molecule has 3 heteroatoms. The van der Waals surface area contributed by atoms with Crippen molar-refractivity contribution in [3.63, 3.8) is 0 Å². The smallest absolute Gasteiger partial charge is 0.167 e. The first kappa shape index (κ1) is 7.25. The van der Waals surface area contributed by atoms with Crippen molar-refractivity contribution >= 4 is 5.78 Å². The molecule has 2 heterocycles. The van der Waals surface area contributed by atoms with Crippen molar-refractivity contribution in [3.8, 4) is 0 Å². The Morgan fingerprint density at radius 1 is 1.27 bits per heavy atom. The molecule has 2 saturated heterocycles. The van der Waals surface area contributed by atoms with Crippen molar-refractivity contribution in [1.82, 2.24) is 0 Å². The van der Waals surface area contributed by atoms with Crippen molar-refractivity contribution in [2.45, 2.75) is 18.9 Å². The molecule has 2 aliphatic rings. The zero-order valence-electron chi connectivity index (χ0n) is 6.41. The first-order valence-corrected chi connectivity index (χ1v) is 4.11. The van der Waals surface area contributed by atoms with E-state index in [0.717, 1.165) is 26.1 Å². The van der Waals surface area contributed by atoms with Crippen molar-refractivity contribution in [3.05, 3.63) is 0 Å². The largest absolute Gasteiger partial charge is 0.381 e. The summed E-state index contributed by atoms with van der Waals surface area (Å²) < 4.78 is 10.1. The van der Waals surface area contributed by atoms with Crippen molar-refractivity contribution in [1.29, 1.82) is 0 Å². The zero-order valence-corrected chi connectivity index (χ0v) is 6.41. The van der Waals surface area contributed by atoms with Gasteiger partial charge in [-0.1, -0.05) is 0 Å². The fourth-order valence-electron chi connectivity index (χ4n) is 1.46. The summed E-state index contributed by atoms with van der Waals surface area (Å²) in [6.45, 7) is 2.13. The van der Waals surface area contributed by atoms with Gasteiger partial charge in [0.05, 0.1) is 6.61 Å². The van der Waals surface area contributed by atoms with Crippen LogP contribution in [0.4, 0.5) is 0 Å². The Hall–Kier alpha value is -0.410. The third-order valence-corrected chi connectivity index (χ3v) is 2.27. The number of carbonyl (C=O) groups is 1. The van der Waals surface area contributed by atoms with Crippen molar-refractivity contribution < 1.29 is 14.3 Å². The van der Waals surface area contributed by atoms with E-state index in [1.54, 1.807) is 0 Å². The number of hydrogen-bond donors (Lipinski definition) is 0. The number of Topliss-reactive ketones (excluding diaryl/α,β-unsaturated/α-hetero) is 1. The molecule has 0 aromatic rings. The van der Waals surface area contributed by atoms with E-state index in [1.807, 2.05) is 0 Å². The monoisotopic (exact) mass is 156 g/mol. The normalized spacial score (nSPS) is 31.8. The Labute approximate surface area is 65.7 Å². The van der Waals surface area contributed by atoms with E-state index < -0.39 is 0 Å². The van der Waals surface area contributed by atoms with Gasteiger partial charge >= 0.3 is 0 Å². The summed E-state index contributed by atoms with van der Waals surface area (Å²) in [5, 5.41) is 0. The Morgan fingerprint density at radius 3 is 2.45 bits per heavy atom. The van der Waals surface area contributed by atoms with Gasteiger partial charge in [0, 0.05) is 19.1 Å². The van der Waals surface area contributed by atoms with E-state index in [-0.39, 0.29) is 12.0 Å². The van der Waals surface area contributed by atoms with Crippen LogP contribution < -0.4 is 0 Å². The maximum atomic E-state index is 11.4. The van der Waals surface area contributed by atoms with Crippen LogP contribution in [0.15, 0.2) is 0 Å². The minimum Gasteiger partial charge on any atom is -0.381 e. The van der Waals surface area contributed by atoms with Crippen LogP contribution in [0.2, 0.25) is 0 Å². The summed E-state index contributed by atoms with van der Waals surface area (Å²) in [7, 11) is 0. The Balaban J connectivity index is 1.86. The molecule has 1 atom stereocenters. The van der Waals surface area contributed by atoms with E-state index in [0.29, 0.717) is 12.4 Å². The highest BCUT2D eigenvalue weighted by molar-refractivity contribution is 5.87. The van der Waals surface area contributed by atoms with Gasteiger partial charge in [-0.15, -0.1) is 0 Å². The van der Waals surface area contributed by atoms with Gasteiger partial charge in [0.2, 0.25) is 0 Å². The van der Waals surface area contributed by atoms with Crippen molar-refractivity contribution in [2.75, 3.05) is 19.8 Å². The molecule has 1 unspecified atom stereocenters. The van der Waals surface area contributed by atoms with Crippen LogP contribution in [-0.4, -0.2) is 31.7 Å². The highest BCUT2D eigenvalue weighted by Crippen LogP contribution is 2.22. The minimum absolute atomic E-state index is 0.0573. The van der Waals surface area contributed by atoms with Crippen LogP contribution in [0.25, 0.3) is 0 Å². The number of rotatable bonds is 2. The highest BCUT2D eigenvalue weighted by atomic mass is 16.6. The minimum atomic E-state index is -0.0573. The molecular formula is C8H12O3. The lowest BCUT2D eigenvalue weighted by Gasteiger charge is -2.19. The van der Waals surface area contributed by atoms with Crippen LogP contribution in [0.1, 0.15) is 12.8 Å². The van der Waals surface area contributed by atoms with E-state index >= 15 is 0 Å². The van der Waals surface area contributed by atoms with E-state index in [9.17, 15) is 4.79 Å². The molecule has 2 rings (SSSR count). The third kappa shape index (κ3) is 1.60. The molecule has 0 bridgehead atoms. The van der Waals surface area contributed by atoms with Crippen LogP contribution in [-0.2, 0) is 14.3 Å². The maximum Gasteiger partial charge on any atom is 0.167 e. The first-order chi connectivity index (χ1) is 5.38. The SMILES string of the molecule is O=C(C1CCOCC1)C1CO1. The molecule has 2 fully saturated rings. The molecule has 0 N–H and O–H groups in total. The molecule has 0 radical (unpaired) electrons. The van der Waals surface area contributed by atoms with Gasteiger partial charge in [-0.25, -0.2) is 0 Å². The topological polar surface area (TPSA) is 38.8 Å². The molecule has 11 heavy (non-hydrogen) atoms. The lowest BCUT2D eigenvalue weighted by Crippen LogP contribution is -2.26. The lowest BCUT2D eigenvalue weighted by molar-refractivity contribution is -0.126. The number of ether oxygens (including phenoxy) is 2. The summed E-state index contributed by atoms with van der Waals surface area (Å²) >= 11 is 0. The van der Waals surface area contributed by atoms with Gasteiger partial charge in [0.25, 0.3) is 0 Å². The molecule has 0 amide bonds. The van der Waals surface area contributed by atoms with E-state index in [2.05, 4.69) is 0 Å². The van der Waals surface area contributed by atoms with Gasteiger partial charge in [-0.3, -0.25) is 4.79 Å². The van der Waals surface area contributed by atoms with Gasteiger partial charge in [0.15, 0.2) is 5.78 Å². The van der Waals surface area contributed by atoms with Crippen LogP contribution in [0.5, 0.6) is 0 Å². The molecule has 0 spiro atoms. The third-order valence-electron chi connectivity index (χ3n) is 2.27. The number of carbonyl (C=O) groups excluding carboxylic acids is 1. The standard InChI is InChI=1S/C8H12O3/c9-8(7-5-11-7)6-1-3-10-4-2-6/h6-7H,1-5H2. The molecule has 2 aliphatic heterocycles. The van der Waals surface area contributed by atoms with Gasteiger partial charge in [-0.2, -0.15) is 0 Å². The fraction of sp³-hybridized carbons (Fsp3) is 0.875. The lowest BCUT2D eigenvalue weighted by atomic mass is 9.94. The Kier molecular flexibility index (Phi) is 1.92. The summed E-state index contributed by atoms with van der Waals surface area (Å²) in [5.41, 5.74) is 0. The second-order valence-electron chi connectivity index (χ2n) is 3.11. The molecular weight excluding hydrogens is 144 g/mol. The predicted molar refractivity (Wildman–Crippen MR) is 38.3 cm³/mol. The fourth-order valence-corrected chi connectivity index (χ4v) is 1.46. The maximum absolute atomic E-state index is 11.4. The number of epoxide rings is 1. The van der Waals surface area contributed by atoms with Gasteiger partial charge in [-0.05, 0) is 12.8 Å². The van der Waals surface area contributed by atoms with Gasteiger partial charge in [0.1, 0.15) is 6.10 Å². The van der Waals surface area contributed by atoms with Crippen molar-refractivity contribution in [2.24, 2.45) is 5.92 Å². The zero-order chi connectivity index (χ0) is 7.68. The first-order valence-electron chi connectivity index (χ1n) is 4.11. The Morgan fingerprint density at radius 2 is 1.91 bits per heavy atom. The molecule has 3 nitrogen and oxygen atoms in total. The quantitative estimate of drug-likeness (QED) is 0.542. The van der Waals surface area contributed by atoms with E-state index in [4.69, 9.17) is 9.47 Å². The Bertz CT molecular complexity index is 157. The molecule has 0 aromatic carbocycles. The highest BCUT2D eigenvalue weighted by Gasteiger charge is 2.36. The summed E-state index contributed by atoms with van der Waals surface area (Å²) in [4.78, 5) is 11.4. The molecule has 0 aliphatic carbocycles.